The lowest BCUT2D eigenvalue weighted by molar-refractivity contribution is -0.207. The molecule has 96 valence electrons. The van der Waals surface area contributed by atoms with Gasteiger partial charge < -0.3 is 4.74 Å². The number of carbonyl (C=O) groups is 1. The minimum atomic E-state index is -0.334. The molecule has 2 nitrogen and oxygen atoms in total. The Kier molecular flexibility index (Phi) is 2.51. The molecular formula is C15H24O2. The third-order valence-corrected chi connectivity index (χ3v) is 6.31. The molecule has 0 aromatic heterocycles. The second-order valence-electron chi connectivity index (χ2n) is 6.68. The van der Waals surface area contributed by atoms with Gasteiger partial charge in [0.1, 0.15) is 5.60 Å². The van der Waals surface area contributed by atoms with Gasteiger partial charge in [0.2, 0.25) is 0 Å². The topological polar surface area (TPSA) is 26.3 Å². The molecule has 17 heavy (non-hydrogen) atoms. The summed E-state index contributed by atoms with van der Waals surface area (Å²) in [5.74, 6) is 1.02. The Morgan fingerprint density at radius 3 is 2.18 bits per heavy atom. The Morgan fingerprint density at radius 2 is 1.76 bits per heavy atom. The standard InChI is InChI=1S/C15H24O2/c1-7-12(16)17-14(5)9-11(3)15(6)10(2)8-13(14,15)4/h7,10-11H,1,8-9H2,2-6H3. The number of fused-ring (bicyclic) bond motifs is 1. The van der Waals surface area contributed by atoms with Gasteiger partial charge in [-0.3, -0.25) is 0 Å². The van der Waals surface area contributed by atoms with E-state index in [9.17, 15) is 4.79 Å². The molecule has 0 radical (unpaired) electrons. The Hall–Kier alpha value is -0.790. The second-order valence-corrected chi connectivity index (χ2v) is 6.68. The molecule has 0 N–H and O–H groups in total. The molecule has 0 aromatic rings. The van der Waals surface area contributed by atoms with E-state index < -0.39 is 0 Å². The van der Waals surface area contributed by atoms with E-state index in [1.807, 2.05) is 0 Å². The number of esters is 1. The number of hydrogen-bond donors (Lipinski definition) is 0. The van der Waals surface area contributed by atoms with E-state index in [0.29, 0.717) is 17.3 Å². The zero-order chi connectivity index (χ0) is 13.1. The van der Waals surface area contributed by atoms with Crippen LogP contribution in [0.3, 0.4) is 0 Å². The maximum atomic E-state index is 11.5. The quantitative estimate of drug-likeness (QED) is 0.541. The summed E-state index contributed by atoms with van der Waals surface area (Å²) in [7, 11) is 0. The zero-order valence-electron chi connectivity index (χ0n) is 11.7. The molecule has 0 saturated heterocycles. The van der Waals surface area contributed by atoms with Crippen molar-refractivity contribution in [3.63, 3.8) is 0 Å². The first-order valence-corrected chi connectivity index (χ1v) is 6.56. The highest BCUT2D eigenvalue weighted by atomic mass is 16.6. The van der Waals surface area contributed by atoms with Crippen molar-refractivity contribution in [3.8, 4) is 0 Å². The molecule has 5 atom stereocenters. The van der Waals surface area contributed by atoms with Crippen molar-refractivity contribution < 1.29 is 9.53 Å². The van der Waals surface area contributed by atoms with E-state index in [0.717, 1.165) is 12.8 Å². The Morgan fingerprint density at radius 1 is 1.24 bits per heavy atom. The molecule has 0 bridgehead atoms. The molecule has 2 fully saturated rings. The van der Waals surface area contributed by atoms with E-state index in [1.54, 1.807) is 0 Å². The van der Waals surface area contributed by atoms with Crippen LogP contribution in [0.2, 0.25) is 0 Å². The van der Waals surface area contributed by atoms with Crippen molar-refractivity contribution in [2.75, 3.05) is 0 Å². The van der Waals surface area contributed by atoms with E-state index in [1.165, 1.54) is 6.08 Å². The highest BCUT2D eigenvalue weighted by molar-refractivity contribution is 5.81. The van der Waals surface area contributed by atoms with Crippen LogP contribution in [0.25, 0.3) is 0 Å². The highest BCUT2D eigenvalue weighted by Crippen LogP contribution is 2.75. The molecule has 0 aliphatic heterocycles. The van der Waals surface area contributed by atoms with Crippen LogP contribution in [-0.2, 0) is 9.53 Å². The summed E-state index contributed by atoms with van der Waals surface area (Å²) in [5, 5.41) is 0. The molecule has 5 unspecified atom stereocenters. The molecule has 0 spiro atoms. The van der Waals surface area contributed by atoms with Crippen LogP contribution in [0.1, 0.15) is 47.5 Å². The lowest BCUT2D eigenvalue weighted by Gasteiger charge is -2.62. The van der Waals surface area contributed by atoms with Crippen LogP contribution in [0.5, 0.6) is 0 Å². The molecular weight excluding hydrogens is 212 g/mol. The molecule has 2 saturated carbocycles. The van der Waals surface area contributed by atoms with Gasteiger partial charge in [-0.1, -0.05) is 34.3 Å². The van der Waals surface area contributed by atoms with Gasteiger partial charge in [-0.25, -0.2) is 4.79 Å². The minimum Gasteiger partial charge on any atom is -0.456 e. The fourth-order valence-corrected chi connectivity index (χ4v) is 4.71. The lowest BCUT2D eigenvalue weighted by atomic mass is 9.43. The molecule has 2 rings (SSSR count). The average Bonchev–Trinajstić information content (AvgIpc) is 2.36. The van der Waals surface area contributed by atoms with Crippen LogP contribution >= 0.6 is 0 Å². The van der Waals surface area contributed by atoms with Crippen LogP contribution in [-0.4, -0.2) is 11.6 Å². The van der Waals surface area contributed by atoms with Gasteiger partial charge in [0.15, 0.2) is 0 Å². The summed E-state index contributed by atoms with van der Waals surface area (Å²) in [6, 6.07) is 0. The summed E-state index contributed by atoms with van der Waals surface area (Å²) in [6.45, 7) is 14.9. The van der Waals surface area contributed by atoms with Crippen LogP contribution in [0.4, 0.5) is 0 Å². The number of hydrogen-bond acceptors (Lipinski definition) is 2. The predicted molar refractivity (Wildman–Crippen MR) is 68.5 cm³/mol. The van der Waals surface area contributed by atoms with E-state index in [2.05, 4.69) is 41.2 Å². The fraction of sp³-hybridized carbons (Fsp3) is 0.800. The maximum Gasteiger partial charge on any atom is 0.330 e. The number of carbonyl (C=O) groups excluding carboxylic acids is 1. The van der Waals surface area contributed by atoms with Gasteiger partial charge in [-0.2, -0.15) is 0 Å². The van der Waals surface area contributed by atoms with Crippen LogP contribution < -0.4 is 0 Å². The normalized spacial score (nSPS) is 52.5. The summed E-state index contributed by atoms with van der Waals surface area (Å²) < 4.78 is 5.71. The SMILES string of the molecule is C=CC(=O)OC1(C)CC(C)C2(C)C(C)CC12C. The van der Waals surface area contributed by atoms with Crippen molar-refractivity contribution in [1.82, 2.24) is 0 Å². The Labute approximate surface area is 104 Å². The number of ether oxygens (including phenoxy) is 1. The number of rotatable bonds is 2. The van der Waals surface area contributed by atoms with Crippen molar-refractivity contribution >= 4 is 5.97 Å². The van der Waals surface area contributed by atoms with Gasteiger partial charge in [0.05, 0.1) is 0 Å². The molecule has 0 heterocycles. The van der Waals surface area contributed by atoms with Crippen molar-refractivity contribution in [3.05, 3.63) is 12.7 Å². The third-order valence-electron chi connectivity index (χ3n) is 6.31. The first kappa shape index (κ1) is 12.7. The molecule has 0 aromatic carbocycles. The van der Waals surface area contributed by atoms with Crippen molar-refractivity contribution in [1.29, 1.82) is 0 Å². The fourth-order valence-electron chi connectivity index (χ4n) is 4.71. The van der Waals surface area contributed by atoms with Gasteiger partial charge in [0, 0.05) is 11.5 Å². The van der Waals surface area contributed by atoms with E-state index in [-0.39, 0.29) is 17.0 Å². The summed E-state index contributed by atoms with van der Waals surface area (Å²) in [4.78, 5) is 11.5. The average molecular weight is 236 g/mol. The molecule has 0 amide bonds. The summed E-state index contributed by atoms with van der Waals surface area (Å²) >= 11 is 0. The van der Waals surface area contributed by atoms with Gasteiger partial charge in [-0.05, 0) is 37.0 Å². The van der Waals surface area contributed by atoms with Crippen molar-refractivity contribution in [2.24, 2.45) is 22.7 Å². The lowest BCUT2D eigenvalue weighted by Crippen LogP contribution is -2.61. The third kappa shape index (κ3) is 1.24. The van der Waals surface area contributed by atoms with Gasteiger partial charge >= 0.3 is 5.97 Å². The predicted octanol–water partition coefficient (Wildman–Crippen LogP) is 3.57. The van der Waals surface area contributed by atoms with Crippen molar-refractivity contribution in [2.45, 2.75) is 53.1 Å². The largest absolute Gasteiger partial charge is 0.456 e. The summed E-state index contributed by atoms with van der Waals surface area (Å²) in [5.41, 5.74) is 0.0691. The van der Waals surface area contributed by atoms with E-state index in [4.69, 9.17) is 4.74 Å². The first-order chi connectivity index (χ1) is 7.71. The maximum absolute atomic E-state index is 11.5. The highest BCUT2D eigenvalue weighted by Gasteiger charge is 2.73. The smallest absolute Gasteiger partial charge is 0.330 e. The summed E-state index contributed by atoms with van der Waals surface area (Å²) in [6.07, 6.45) is 3.38. The van der Waals surface area contributed by atoms with E-state index >= 15 is 0 Å². The molecule has 2 aliphatic carbocycles. The Bertz CT molecular complexity index is 375. The molecule has 2 aliphatic rings. The Balaban J connectivity index is 2.34. The first-order valence-electron chi connectivity index (χ1n) is 6.56. The van der Waals surface area contributed by atoms with Gasteiger partial charge in [0.25, 0.3) is 0 Å². The minimum absolute atomic E-state index is 0.109. The zero-order valence-corrected chi connectivity index (χ0v) is 11.7. The monoisotopic (exact) mass is 236 g/mol. The van der Waals surface area contributed by atoms with Crippen LogP contribution in [0.15, 0.2) is 12.7 Å². The second kappa shape index (κ2) is 3.37. The molecule has 2 heteroatoms. The van der Waals surface area contributed by atoms with Gasteiger partial charge in [-0.15, -0.1) is 0 Å². The van der Waals surface area contributed by atoms with Crippen LogP contribution in [0, 0.1) is 22.7 Å².